The van der Waals surface area contributed by atoms with Crippen LogP contribution in [0, 0.1) is 0 Å². The molecule has 0 bridgehead atoms. The number of amides is 1. The molecule has 0 radical (unpaired) electrons. The Kier molecular flexibility index (Phi) is 7.20. The molecule has 0 aliphatic heterocycles. The van der Waals surface area contributed by atoms with E-state index in [9.17, 15) is 9.59 Å². The lowest BCUT2D eigenvalue weighted by Crippen LogP contribution is -2.24. The third-order valence-corrected chi connectivity index (χ3v) is 1.44. The molecule has 0 aromatic rings. The summed E-state index contributed by atoms with van der Waals surface area (Å²) in [4.78, 5) is 20.9. The van der Waals surface area contributed by atoms with Gasteiger partial charge in [-0.2, -0.15) is 0 Å². The standard InChI is InChI=1S/C9H17NO3/c1-8(11)4-3-6-13-7-5-10-9(2)12/h3-7H2,1-2H3,(H,10,12). The van der Waals surface area contributed by atoms with E-state index in [1.807, 2.05) is 0 Å². The van der Waals surface area contributed by atoms with Crippen LogP contribution in [0.25, 0.3) is 0 Å². The van der Waals surface area contributed by atoms with E-state index in [1.165, 1.54) is 6.92 Å². The van der Waals surface area contributed by atoms with Gasteiger partial charge in [0.25, 0.3) is 0 Å². The molecule has 0 aliphatic carbocycles. The van der Waals surface area contributed by atoms with Gasteiger partial charge in [0.15, 0.2) is 0 Å². The van der Waals surface area contributed by atoms with Crippen molar-refractivity contribution in [3.05, 3.63) is 0 Å². The SMILES string of the molecule is CC(=O)CCCOCCNC(C)=O. The van der Waals surface area contributed by atoms with Crippen molar-refractivity contribution in [2.45, 2.75) is 26.7 Å². The molecule has 4 nitrogen and oxygen atoms in total. The Morgan fingerprint density at radius 2 is 1.92 bits per heavy atom. The number of carbonyl (C=O) groups excluding carboxylic acids is 2. The molecule has 4 heteroatoms. The quantitative estimate of drug-likeness (QED) is 0.591. The molecule has 0 aliphatic rings. The van der Waals surface area contributed by atoms with Crippen LogP contribution in [0.2, 0.25) is 0 Å². The fourth-order valence-electron chi connectivity index (χ4n) is 0.824. The van der Waals surface area contributed by atoms with Gasteiger partial charge in [-0.1, -0.05) is 0 Å². The Morgan fingerprint density at radius 3 is 2.46 bits per heavy atom. The molecule has 0 spiro atoms. The molecule has 0 atom stereocenters. The van der Waals surface area contributed by atoms with E-state index in [0.29, 0.717) is 26.2 Å². The highest BCUT2D eigenvalue weighted by Crippen LogP contribution is 1.90. The minimum atomic E-state index is -0.0488. The largest absolute Gasteiger partial charge is 0.380 e. The first-order valence-corrected chi connectivity index (χ1v) is 4.44. The van der Waals surface area contributed by atoms with Crippen molar-refractivity contribution in [3.8, 4) is 0 Å². The maximum atomic E-state index is 10.5. The molecule has 0 saturated carbocycles. The van der Waals surface area contributed by atoms with Gasteiger partial charge in [-0.25, -0.2) is 0 Å². The fourth-order valence-corrected chi connectivity index (χ4v) is 0.824. The Bertz CT molecular complexity index is 150. The van der Waals surface area contributed by atoms with Crippen molar-refractivity contribution in [2.75, 3.05) is 19.8 Å². The van der Waals surface area contributed by atoms with Crippen LogP contribution >= 0.6 is 0 Å². The minimum absolute atomic E-state index is 0.0488. The van der Waals surface area contributed by atoms with Gasteiger partial charge in [0.05, 0.1) is 6.61 Å². The van der Waals surface area contributed by atoms with Crippen LogP contribution in [0.15, 0.2) is 0 Å². The number of rotatable bonds is 7. The smallest absolute Gasteiger partial charge is 0.216 e. The molecule has 1 amide bonds. The molecule has 13 heavy (non-hydrogen) atoms. The van der Waals surface area contributed by atoms with Crippen LogP contribution < -0.4 is 5.32 Å². The van der Waals surface area contributed by atoms with Crippen molar-refractivity contribution in [2.24, 2.45) is 0 Å². The summed E-state index contributed by atoms with van der Waals surface area (Å²) in [6.45, 7) is 4.67. The van der Waals surface area contributed by atoms with Gasteiger partial charge in [0.2, 0.25) is 5.91 Å². The lowest BCUT2D eigenvalue weighted by atomic mass is 10.2. The summed E-state index contributed by atoms with van der Waals surface area (Å²) in [7, 11) is 0. The Morgan fingerprint density at radius 1 is 1.23 bits per heavy atom. The number of ether oxygens (including phenoxy) is 1. The molecule has 0 aromatic carbocycles. The van der Waals surface area contributed by atoms with E-state index in [1.54, 1.807) is 6.92 Å². The summed E-state index contributed by atoms with van der Waals surface area (Å²) in [6, 6.07) is 0. The highest BCUT2D eigenvalue weighted by molar-refractivity contribution is 5.75. The number of ketones is 1. The van der Waals surface area contributed by atoms with Crippen LogP contribution in [-0.2, 0) is 14.3 Å². The average molecular weight is 187 g/mol. The third-order valence-electron chi connectivity index (χ3n) is 1.44. The third kappa shape index (κ3) is 11.1. The van der Waals surface area contributed by atoms with Crippen LogP contribution in [0.1, 0.15) is 26.7 Å². The van der Waals surface area contributed by atoms with Gasteiger partial charge in [0.1, 0.15) is 5.78 Å². The van der Waals surface area contributed by atoms with Crippen molar-refractivity contribution >= 4 is 11.7 Å². The fraction of sp³-hybridized carbons (Fsp3) is 0.778. The summed E-state index contributed by atoms with van der Waals surface area (Å²) < 4.78 is 5.17. The molecule has 0 aromatic heterocycles. The monoisotopic (exact) mass is 187 g/mol. The summed E-state index contributed by atoms with van der Waals surface area (Å²) in [6.07, 6.45) is 1.33. The maximum absolute atomic E-state index is 10.5. The molecule has 0 unspecified atom stereocenters. The predicted octanol–water partition coefficient (Wildman–Crippen LogP) is 0.508. The lowest BCUT2D eigenvalue weighted by Gasteiger charge is -2.03. The van der Waals surface area contributed by atoms with E-state index in [-0.39, 0.29) is 11.7 Å². The van der Waals surface area contributed by atoms with Crippen LogP contribution in [0.4, 0.5) is 0 Å². The number of hydrogen-bond donors (Lipinski definition) is 1. The molecule has 0 heterocycles. The van der Waals surface area contributed by atoms with Crippen LogP contribution in [0.5, 0.6) is 0 Å². The van der Waals surface area contributed by atoms with Gasteiger partial charge >= 0.3 is 0 Å². The summed E-state index contributed by atoms with van der Waals surface area (Å²) in [5.74, 6) is 0.137. The normalized spacial score (nSPS) is 9.69. The van der Waals surface area contributed by atoms with Gasteiger partial charge in [-0.15, -0.1) is 0 Å². The molecule has 1 N–H and O–H groups in total. The molecule has 0 fully saturated rings. The molecular weight excluding hydrogens is 170 g/mol. The van der Waals surface area contributed by atoms with Gasteiger partial charge in [-0.3, -0.25) is 4.79 Å². The molecule has 0 saturated heterocycles. The Hall–Kier alpha value is -0.900. The highest BCUT2D eigenvalue weighted by atomic mass is 16.5. The number of Topliss-reactive ketones (excluding diaryl/α,β-unsaturated/α-hetero) is 1. The van der Waals surface area contributed by atoms with Crippen LogP contribution in [0.3, 0.4) is 0 Å². The van der Waals surface area contributed by atoms with E-state index in [2.05, 4.69) is 5.32 Å². The summed E-state index contributed by atoms with van der Waals surface area (Å²) in [5.41, 5.74) is 0. The number of nitrogens with one attached hydrogen (secondary N) is 1. The number of hydrogen-bond acceptors (Lipinski definition) is 3. The molecule has 76 valence electrons. The molecule has 0 rings (SSSR count). The second-order valence-electron chi connectivity index (χ2n) is 2.90. The predicted molar refractivity (Wildman–Crippen MR) is 49.4 cm³/mol. The first kappa shape index (κ1) is 12.1. The summed E-state index contributed by atoms with van der Waals surface area (Å²) in [5, 5.41) is 2.61. The molecular formula is C9H17NO3. The van der Waals surface area contributed by atoms with Gasteiger partial charge < -0.3 is 14.8 Å². The average Bonchev–Trinajstić information content (AvgIpc) is 2.01. The van der Waals surface area contributed by atoms with Crippen molar-refractivity contribution in [3.63, 3.8) is 0 Å². The van der Waals surface area contributed by atoms with Crippen molar-refractivity contribution in [1.29, 1.82) is 0 Å². The second kappa shape index (κ2) is 7.73. The Labute approximate surface area is 78.6 Å². The van der Waals surface area contributed by atoms with Gasteiger partial charge in [0, 0.05) is 26.5 Å². The summed E-state index contributed by atoms with van der Waals surface area (Å²) >= 11 is 0. The Balaban J connectivity index is 3.00. The van der Waals surface area contributed by atoms with Crippen LogP contribution in [-0.4, -0.2) is 31.4 Å². The first-order valence-electron chi connectivity index (χ1n) is 4.44. The topological polar surface area (TPSA) is 55.4 Å². The number of carbonyl (C=O) groups is 2. The zero-order valence-corrected chi connectivity index (χ0v) is 8.26. The minimum Gasteiger partial charge on any atom is -0.380 e. The maximum Gasteiger partial charge on any atom is 0.216 e. The highest BCUT2D eigenvalue weighted by Gasteiger charge is 1.94. The first-order chi connectivity index (χ1) is 6.13. The van der Waals surface area contributed by atoms with Crippen molar-refractivity contribution < 1.29 is 14.3 Å². The lowest BCUT2D eigenvalue weighted by molar-refractivity contribution is -0.119. The van der Waals surface area contributed by atoms with E-state index in [0.717, 1.165) is 6.42 Å². The van der Waals surface area contributed by atoms with E-state index < -0.39 is 0 Å². The zero-order chi connectivity index (χ0) is 10.1. The second-order valence-corrected chi connectivity index (χ2v) is 2.90. The van der Waals surface area contributed by atoms with Crippen molar-refractivity contribution in [1.82, 2.24) is 5.32 Å². The van der Waals surface area contributed by atoms with E-state index in [4.69, 9.17) is 4.74 Å². The van der Waals surface area contributed by atoms with Gasteiger partial charge in [-0.05, 0) is 13.3 Å². The zero-order valence-electron chi connectivity index (χ0n) is 8.26. The van der Waals surface area contributed by atoms with E-state index >= 15 is 0 Å².